The van der Waals surface area contributed by atoms with E-state index in [0.717, 1.165) is 13.8 Å². The van der Waals surface area contributed by atoms with Crippen molar-refractivity contribution in [3.05, 3.63) is 36.0 Å². The van der Waals surface area contributed by atoms with E-state index in [0.29, 0.717) is 16.5 Å². The number of aromatic amines is 1. The SMILES string of the molecule is C[C@@H](O)[C@H](NC(=O)[C@H](CO)NC(=O)[C@@H](N)CS)C(=O)N[C@H](C(=O)N[C@@H](CCC(N)=O)C(=O)N[C@@H](CO)C(=O)N[C@@H](CO)C(=O)N[C@@H](Cc1c[nH]c2ccccc12)C(=O)N[C@@H](CS)C(=O)O)[C@@H](C)O. The second kappa shape index (κ2) is 28.3. The minimum atomic E-state index is -1.96. The number of benzene rings is 1. The van der Waals surface area contributed by atoms with Gasteiger partial charge in [-0.2, -0.15) is 25.3 Å². The number of carboxylic acid groups (broad SMARTS) is 1. The van der Waals surface area contributed by atoms with Crippen LogP contribution in [0.15, 0.2) is 30.5 Å². The molecule has 2 rings (SSSR count). The summed E-state index contributed by atoms with van der Waals surface area (Å²) in [5.74, 6) is -12.1. The van der Waals surface area contributed by atoms with Gasteiger partial charge in [-0.05, 0) is 31.9 Å². The number of aliphatic hydroxyl groups excluding tert-OH is 5. The number of aliphatic hydroxyl groups is 5. The van der Waals surface area contributed by atoms with Gasteiger partial charge in [-0.3, -0.25) is 43.2 Å². The van der Waals surface area contributed by atoms with Crippen molar-refractivity contribution >= 4 is 95.3 Å². The number of amides is 9. The molecule has 27 nitrogen and oxygen atoms in total. The molecule has 2 aromatic rings. The molecule has 29 heteroatoms. The number of H-pyrrole nitrogens is 1. The van der Waals surface area contributed by atoms with Crippen LogP contribution in [0, 0.1) is 0 Å². The Balaban J connectivity index is 2.27. The molecule has 0 radical (unpaired) electrons. The van der Waals surface area contributed by atoms with Crippen LogP contribution in [0.5, 0.6) is 0 Å². The average Bonchev–Trinajstić information content (AvgIpc) is 3.71. The zero-order chi connectivity index (χ0) is 51.4. The Morgan fingerprint density at radius 2 is 1.00 bits per heavy atom. The molecule has 0 spiro atoms. The highest BCUT2D eigenvalue weighted by molar-refractivity contribution is 7.80. The molecule has 378 valence electrons. The average molecular weight is 1000 g/mol. The fourth-order valence-electron chi connectivity index (χ4n) is 6.07. The number of hydrogen-bond acceptors (Lipinski definition) is 18. The van der Waals surface area contributed by atoms with Gasteiger partial charge in [0.25, 0.3) is 0 Å². The number of aliphatic carboxylic acids is 1. The zero-order valence-electron chi connectivity index (χ0n) is 36.7. The molecule has 11 atom stereocenters. The van der Waals surface area contributed by atoms with Crippen LogP contribution in [0.2, 0.25) is 0 Å². The van der Waals surface area contributed by atoms with E-state index >= 15 is 0 Å². The number of fused-ring (bicyclic) bond motifs is 1. The predicted molar refractivity (Wildman–Crippen MR) is 244 cm³/mol. The Hall–Kier alpha value is -6.08. The molecule has 0 saturated carbocycles. The maximum absolute atomic E-state index is 13.6. The molecule has 0 aliphatic rings. The van der Waals surface area contributed by atoms with E-state index in [1.54, 1.807) is 30.5 Å². The fraction of sp³-hybridized carbons (Fsp3) is 0.538. The molecule has 0 bridgehead atoms. The number of carbonyl (C=O) groups is 10. The molecule has 0 aliphatic heterocycles. The van der Waals surface area contributed by atoms with Crippen molar-refractivity contribution in [3.63, 3.8) is 0 Å². The second-order valence-corrected chi connectivity index (χ2v) is 16.0. The highest BCUT2D eigenvalue weighted by Gasteiger charge is 2.37. The van der Waals surface area contributed by atoms with Gasteiger partial charge in [0.05, 0.1) is 38.1 Å². The molecular formula is C39H59N11O16S2. The van der Waals surface area contributed by atoms with E-state index in [4.69, 9.17) is 11.5 Å². The van der Waals surface area contributed by atoms with Crippen LogP contribution in [0.3, 0.4) is 0 Å². The number of primary amides is 1. The summed E-state index contributed by atoms with van der Waals surface area (Å²) < 4.78 is 0. The first-order chi connectivity index (χ1) is 32.0. The summed E-state index contributed by atoms with van der Waals surface area (Å²) in [7, 11) is 0. The number of rotatable bonds is 29. The topological polar surface area (TPSA) is 456 Å². The molecule has 9 amide bonds. The van der Waals surface area contributed by atoms with E-state index in [9.17, 15) is 78.6 Å². The maximum atomic E-state index is 13.6. The normalized spacial score (nSPS) is 16.0. The van der Waals surface area contributed by atoms with Gasteiger partial charge in [0.1, 0.15) is 48.3 Å². The Morgan fingerprint density at radius 3 is 1.47 bits per heavy atom. The molecule has 1 aromatic heterocycles. The number of hydrogen-bond donors (Lipinski definition) is 19. The third-order valence-electron chi connectivity index (χ3n) is 9.95. The summed E-state index contributed by atoms with van der Waals surface area (Å²) in [6.07, 6.45) is -3.25. The van der Waals surface area contributed by atoms with Crippen LogP contribution in [-0.2, 0) is 54.4 Å². The van der Waals surface area contributed by atoms with Crippen LogP contribution >= 0.6 is 25.3 Å². The smallest absolute Gasteiger partial charge is 0.327 e. The standard InChI is InChI=1S/C39H59N11O16S2/c1-16(54)29(50-38(64)30(17(2)55)49-36(62)26(13-53)45-31(57)20(40)14-67)37(63)43-22(7-8-28(41)56)32(58)46-25(12-52)35(61)47-24(11-51)34(60)44-23(33(59)48-27(15-68)39(65)66)9-18-10-42-21-6-4-3-5-19(18)21/h3-6,10,16-17,20,22-27,29-30,42,51-55,67-68H,7-9,11-15,40H2,1-2H3,(H2,41,56)(H,43,63)(H,44,60)(H,45,57)(H,46,58)(H,47,61)(H,48,59)(H,49,62)(H,50,64)(H,65,66)/t16-,17-,20+,22+,23+,24+,25+,26+,27+,29+,30+/m1/s1. The van der Waals surface area contributed by atoms with Crippen molar-refractivity contribution in [3.8, 4) is 0 Å². The van der Waals surface area contributed by atoms with Gasteiger partial charge in [0.15, 0.2) is 0 Å². The number of para-hydroxylation sites is 1. The zero-order valence-corrected chi connectivity index (χ0v) is 38.5. The van der Waals surface area contributed by atoms with Gasteiger partial charge in [-0.15, -0.1) is 0 Å². The minimum Gasteiger partial charge on any atom is -0.480 e. The summed E-state index contributed by atoms with van der Waals surface area (Å²) in [6.45, 7) is -1.15. The molecule has 0 fully saturated rings. The summed E-state index contributed by atoms with van der Waals surface area (Å²) in [4.78, 5) is 132. The lowest BCUT2D eigenvalue weighted by molar-refractivity contribution is -0.141. The summed E-state index contributed by atoms with van der Waals surface area (Å²) in [5, 5.41) is 78.2. The lowest BCUT2D eigenvalue weighted by Crippen LogP contribution is -2.63. The van der Waals surface area contributed by atoms with Gasteiger partial charge in [-0.25, -0.2) is 4.79 Å². The first-order valence-electron chi connectivity index (χ1n) is 20.7. The monoisotopic (exact) mass is 1000 g/mol. The number of carbonyl (C=O) groups excluding carboxylic acids is 9. The van der Waals surface area contributed by atoms with E-state index in [1.165, 1.54) is 0 Å². The van der Waals surface area contributed by atoms with Crippen LogP contribution < -0.4 is 54.0 Å². The van der Waals surface area contributed by atoms with Crippen LogP contribution in [-0.4, -0.2) is 193 Å². The van der Waals surface area contributed by atoms with Crippen molar-refractivity contribution in [2.45, 2.75) is 99.7 Å². The van der Waals surface area contributed by atoms with Gasteiger partial charge in [0.2, 0.25) is 53.2 Å². The van der Waals surface area contributed by atoms with Crippen LogP contribution in [0.25, 0.3) is 10.9 Å². The molecule has 68 heavy (non-hydrogen) atoms. The predicted octanol–water partition coefficient (Wildman–Crippen LogP) is -8.14. The van der Waals surface area contributed by atoms with Crippen LogP contribution in [0.1, 0.15) is 32.3 Å². The molecule has 0 saturated heterocycles. The summed E-state index contributed by atoms with van der Waals surface area (Å²) >= 11 is 7.81. The van der Waals surface area contributed by atoms with E-state index in [1.807, 2.05) is 0 Å². The van der Waals surface area contributed by atoms with Gasteiger partial charge in [0, 0.05) is 41.4 Å². The number of aromatic nitrogens is 1. The Kier molecular flexibility index (Phi) is 24.2. The lowest BCUT2D eigenvalue weighted by atomic mass is 10.0. The summed E-state index contributed by atoms with van der Waals surface area (Å²) in [5.41, 5.74) is 12.0. The number of nitrogens with one attached hydrogen (secondary N) is 9. The number of thiol groups is 2. The lowest BCUT2D eigenvalue weighted by Gasteiger charge is -2.29. The molecular weight excluding hydrogens is 943 g/mol. The quantitative estimate of drug-likeness (QED) is 0.0337. The van der Waals surface area contributed by atoms with Crippen molar-refractivity contribution < 1.29 is 78.6 Å². The summed E-state index contributed by atoms with van der Waals surface area (Å²) in [6, 6.07) is -8.29. The highest BCUT2D eigenvalue weighted by atomic mass is 32.1. The van der Waals surface area contributed by atoms with Crippen LogP contribution in [0.4, 0.5) is 0 Å². The van der Waals surface area contributed by atoms with Crippen molar-refractivity contribution in [1.29, 1.82) is 0 Å². The molecule has 0 unspecified atom stereocenters. The van der Waals surface area contributed by atoms with Crippen molar-refractivity contribution in [2.75, 3.05) is 31.3 Å². The Bertz CT molecular complexity index is 2110. The van der Waals surface area contributed by atoms with Gasteiger partial charge >= 0.3 is 5.97 Å². The Labute approximate surface area is 398 Å². The van der Waals surface area contributed by atoms with Gasteiger partial charge in [-0.1, -0.05) is 18.2 Å². The largest absolute Gasteiger partial charge is 0.480 e. The second-order valence-electron chi connectivity index (χ2n) is 15.2. The van der Waals surface area contributed by atoms with Crippen molar-refractivity contribution in [1.82, 2.24) is 47.5 Å². The fourth-order valence-corrected chi connectivity index (χ4v) is 6.49. The highest BCUT2D eigenvalue weighted by Crippen LogP contribution is 2.19. The number of carboxylic acids is 1. The van der Waals surface area contributed by atoms with Crippen molar-refractivity contribution in [2.24, 2.45) is 11.5 Å². The molecule has 1 aromatic carbocycles. The maximum Gasteiger partial charge on any atom is 0.327 e. The first kappa shape index (κ1) is 58.0. The minimum absolute atomic E-state index is 0.127. The van der Waals surface area contributed by atoms with E-state index in [2.05, 4.69) is 72.8 Å². The Morgan fingerprint density at radius 1 is 0.588 bits per heavy atom. The molecule has 19 N–H and O–H groups in total. The van der Waals surface area contributed by atoms with Gasteiger partial charge < -0.3 is 89.6 Å². The molecule has 1 heterocycles. The third-order valence-corrected chi connectivity index (χ3v) is 10.7. The first-order valence-corrected chi connectivity index (χ1v) is 21.9. The molecule has 0 aliphatic carbocycles. The third kappa shape index (κ3) is 17.5. The van der Waals surface area contributed by atoms with E-state index < -0.39 is 158 Å². The van der Waals surface area contributed by atoms with E-state index in [-0.39, 0.29) is 17.9 Å². The number of nitrogens with two attached hydrogens (primary N) is 2.